The largest absolute Gasteiger partial charge is 0.352 e. The van der Waals surface area contributed by atoms with Crippen molar-refractivity contribution in [2.24, 2.45) is 0 Å². The van der Waals surface area contributed by atoms with Gasteiger partial charge in [-0.3, -0.25) is 13.9 Å². The third kappa shape index (κ3) is 7.91. The Balaban J connectivity index is 1.73. The lowest BCUT2D eigenvalue weighted by molar-refractivity contribution is -0.140. The monoisotopic (exact) mass is 669 g/mol. The fourth-order valence-corrected chi connectivity index (χ4v) is 7.05. The van der Waals surface area contributed by atoms with E-state index < -0.39 is 28.5 Å². The molecule has 2 amide bonds. The molecule has 0 heterocycles. The molecule has 1 N–H and O–H groups in total. The summed E-state index contributed by atoms with van der Waals surface area (Å²) in [5.74, 6) is -0.861. The molecule has 0 radical (unpaired) electrons. The highest BCUT2D eigenvalue weighted by molar-refractivity contribution is 7.92. The van der Waals surface area contributed by atoms with Crippen LogP contribution in [-0.2, 0) is 26.2 Å². The van der Waals surface area contributed by atoms with Crippen molar-refractivity contribution >= 4 is 73.9 Å². The number of benzene rings is 3. The maximum absolute atomic E-state index is 14.2. The van der Waals surface area contributed by atoms with Crippen LogP contribution in [0.1, 0.15) is 44.6 Å². The number of amides is 2. The smallest absolute Gasteiger partial charge is 0.264 e. The first-order chi connectivity index (χ1) is 20.0. The number of sulfonamides is 1. The minimum atomic E-state index is -4.24. The molecule has 12 heteroatoms. The molecule has 0 unspecified atom stereocenters. The lowest BCUT2D eigenvalue weighted by atomic mass is 10.1. The quantitative estimate of drug-likeness (QED) is 0.231. The van der Waals surface area contributed by atoms with Crippen LogP contribution in [-0.4, -0.2) is 43.8 Å². The number of anilines is 1. The van der Waals surface area contributed by atoms with Crippen molar-refractivity contribution in [3.05, 3.63) is 92.4 Å². The van der Waals surface area contributed by atoms with Gasteiger partial charge in [0, 0.05) is 22.6 Å². The van der Waals surface area contributed by atoms with Crippen molar-refractivity contribution in [1.29, 1.82) is 0 Å². The van der Waals surface area contributed by atoms with Crippen LogP contribution in [0.3, 0.4) is 0 Å². The lowest BCUT2D eigenvalue weighted by Crippen LogP contribution is -2.53. The van der Waals surface area contributed by atoms with Gasteiger partial charge in [0.1, 0.15) is 12.6 Å². The zero-order chi connectivity index (χ0) is 30.4. The molecule has 4 rings (SSSR count). The van der Waals surface area contributed by atoms with E-state index in [1.54, 1.807) is 36.4 Å². The van der Waals surface area contributed by atoms with E-state index in [-0.39, 0.29) is 29.1 Å². The Morgan fingerprint density at radius 1 is 0.905 bits per heavy atom. The Labute approximate surface area is 266 Å². The van der Waals surface area contributed by atoms with Crippen LogP contribution < -0.4 is 9.62 Å². The van der Waals surface area contributed by atoms with Crippen molar-refractivity contribution in [3.63, 3.8) is 0 Å². The lowest BCUT2D eigenvalue weighted by Gasteiger charge is -2.34. The molecule has 1 saturated carbocycles. The Morgan fingerprint density at radius 2 is 1.60 bits per heavy atom. The SMILES string of the molecule is CC[C@H](C(=O)NC1CCCC1)N(Cc1ccc(Cl)c(Cl)c1)C(=O)CN(c1cccc(Cl)c1)S(=O)(=O)c1ccc(Cl)cc1. The number of nitrogens with zero attached hydrogens (tertiary/aromatic N) is 2. The summed E-state index contributed by atoms with van der Waals surface area (Å²) in [7, 11) is -4.24. The van der Waals surface area contributed by atoms with Gasteiger partial charge in [0.05, 0.1) is 20.6 Å². The average Bonchev–Trinajstić information content (AvgIpc) is 3.46. The average molecular weight is 671 g/mol. The van der Waals surface area contributed by atoms with Gasteiger partial charge < -0.3 is 10.2 Å². The Hall–Kier alpha value is -2.49. The molecule has 1 aliphatic rings. The van der Waals surface area contributed by atoms with Crippen molar-refractivity contribution in [2.75, 3.05) is 10.8 Å². The van der Waals surface area contributed by atoms with Crippen LogP contribution in [0, 0.1) is 0 Å². The van der Waals surface area contributed by atoms with Crippen LogP contribution in [0.5, 0.6) is 0 Å². The minimum Gasteiger partial charge on any atom is -0.352 e. The summed E-state index contributed by atoms with van der Waals surface area (Å²) in [6.07, 6.45) is 4.14. The number of hydrogen-bond acceptors (Lipinski definition) is 4. The maximum Gasteiger partial charge on any atom is 0.264 e. The van der Waals surface area contributed by atoms with Crippen molar-refractivity contribution in [1.82, 2.24) is 10.2 Å². The number of halogens is 4. The van der Waals surface area contributed by atoms with E-state index in [0.29, 0.717) is 32.1 Å². The summed E-state index contributed by atoms with van der Waals surface area (Å²) in [4.78, 5) is 29.0. The number of carbonyl (C=O) groups excluding carboxylic acids is 2. The van der Waals surface area contributed by atoms with Gasteiger partial charge in [-0.1, -0.05) is 78.3 Å². The van der Waals surface area contributed by atoms with Crippen LogP contribution in [0.2, 0.25) is 20.1 Å². The standard InChI is InChI=1S/C30H31Cl4N3O4S/c1-2-28(30(39)35-23-7-3-4-8-23)36(18-20-10-15-26(33)27(34)16-20)29(38)19-37(24-9-5-6-22(32)17-24)42(40,41)25-13-11-21(31)12-14-25/h5-6,9-17,23,28H,2-4,7-8,18-19H2,1H3,(H,35,39)/t28-/m1/s1. The first kappa shape index (κ1) is 32.4. The Kier molecular flexibility index (Phi) is 11.1. The summed E-state index contributed by atoms with van der Waals surface area (Å²) in [6, 6.07) is 16.1. The van der Waals surface area contributed by atoms with Gasteiger partial charge >= 0.3 is 0 Å². The van der Waals surface area contributed by atoms with E-state index in [1.807, 2.05) is 6.92 Å². The van der Waals surface area contributed by atoms with Crippen LogP contribution in [0.4, 0.5) is 5.69 Å². The zero-order valence-corrected chi connectivity index (χ0v) is 26.7. The van der Waals surface area contributed by atoms with Crippen molar-refractivity contribution < 1.29 is 18.0 Å². The van der Waals surface area contributed by atoms with Gasteiger partial charge in [0.2, 0.25) is 11.8 Å². The van der Waals surface area contributed by atoms with Gasteiger partial charge in [-0.05, 0) is 79.4 Å². The predicted molar refractivity (Wildman–Crippen MR) is 169 cm³/mol. The second kappa shape index (κ2) is 14.3. The molecular weight excluding hydrogens is 640 g/mol. The van der Waals surface area contributed by atoms with Crippen molar-refractivity contribution in [2.45, 2.75) is 62.6 Å². The zero-order valence-electron chi connectivity index (χ0n) is 22.9. The Bertz CT molecular complexity index is 1530. The molecule has 7 nitrogen and oxygen atoms in total. The molecule has 1 fully saturated rings. The van der Waals surface area contributed by atoms with Crippen molar-refractivity contribution in [3.8, 4) is 0 Å². The summed E-state index contributed by atoms with van der Waals surface area (Å²) >= 11 is 24.6. The van der Waals surface area contributed by atoms with E-state index in [1.165, 1.54) is 35.2 Å². The van der Waals surface area contributed by atoms with E-state index in [2.05, 4.69) is 5.32 Å². The Morgan fingerprint density at radius 3 is 2.21 bits per heavy atom. The maximum atomic E-state index is 14.2. The third-order valence-corrected chi connectivity index (χ3v) is 10.2. The molecule has 0 saturated heterocycles. The van der Waals surface area contributed by atoms with Gasteiger partial charge in [0.25, 0.3) is 10.0 Å². The molecule has 3 aromatic rings. The third-order valence-electron chi connectivity index (χ3n) is 7.20. The molecule has 42 heavy (non-hydrogen) atoms. The second-order valence-corrected chi connectivity index (χ2v) is 13.7. The van der Waals surface area contributed by atoms with Crippen LogP contribution in [0.15, 0.2) is 71.6 Å². The van der Waals surface area contributed by atoms with Gasteiger partial charge in [-0.25, -0.2) is 8.42 Å². The summed E-state index contributed by atoms with van der Waals surface area (Å²) in [5, 5.41) is 4.40. The topological polar surface area (TPSA) is 86.8 Å². The van der Waals surface area contributed by atoms with E-state index >= 15 is 0 Å². The number of rotatable bonds is 11. The molecular formula is C30H31Cl4N3O4S. The van der Waals surface area contributed by atoms with Gasteiger partial charge in [-0.15, -0.1) is 0 Å². The molecule has 1 atom stereocenters. The number of nitrogens with one attached hydrogen (secondary N) is 1. The summed E-state index contributed by atoms with van der Waals surface area (Å²) in [5.41, 5.74) is 0.837. The van der Waals surface area contributed by atoms with E-state index in [9.17, 15) is 18.0 Å². The highest BCUT2D eigenvalue weighted by atomic mass is 35.5. The van der Waals surface area contributed by atoms with Crippen LogP contribution >= 0.6 is 46.4 Å². The predicted octanol–water partition coefficient (Wildman–Crippen LogP) is 7.36. The molecule has 0 aliphatic heterocycles. The first-order valence-corrected chi connectivity index (χ1v) is 16.5. The fourth-order valence-electron chi connectivity index (χ4n) is 5.02. The summed E-state index contributed by atoms with van der Waals surface area (Å²) in [6.45, 7) is 1.24. The molecule has 0 spiro atoms. The van der Waals surface area contributed by atoms with Gasteiger partial charge in [-0.2, -0.15) is 0 Å². The number of carbonyl (C=O) groups is 2. The summed E-state index contributed by atoms with van der Waals surface area (Å²) < 4.78 is 28.8. The van der Waals surface area contributed by atoms with Gasteiger partial charge in [0.15, 0.2) is 0 Å². The minimum absolute atomic E-state index is 0.0106. The van der Waals surface area contributed by atoms with E-state index in [4.69, 9.17) is 46.4 Å². The molecule has 0 aromatic heterocycles. The van der Waals surface area contributed by atoms with Crippen LogP contribution in [0.25, 0.3) is 0 Å². The normalized spacial score (nSPS) is 14.4. The fraction of sp³-hybridized carbons (Fsp3) is 0.333. The molecule has 3 aromatic carbocycles. The van der Waals surface area contributed by atoms with E-state index in [0.717, 1.165) is 30.0 Å². The number of hydrogen-bond donors (Lipinski definition) is 1. The molecule has 0 bridgehead atoms. The molecule has 224 valence electrons. The molecule has 1 aliphatic carbocycles. The highest BCUT2D eigenvalue weighted by Crippen LogP contribution is 2.29. The highest BCUT2D eigenvalue weighted by Gasteiger charge is 2.34. The second-order valence-electron chi connectivity index (χ2n) is 10.1. The first-order valence-electron chi connectivity index (χ1n) is 13.6.